The summed E-state index contributed by atoms with van der Waals surface area (Å²) < 4.78 is 13.5. The van der Waals surface area contributed by atoms with Crippen LogP contribution in [-0.4, -0.2) is 27.5 Å². The van der Waals surface area contributed by atoms with Crippen LogP contribution >= 0.6 is 11.6 Å². The van der Waals surface area contributed by atoms with Crippen LogP contribution in [0.2, 0.25) is 5.02 Å². The summed E-state index contributed by atoms with van der Waals surface area (Å²) >= 11 is 6.20. The Morgan fingerprint density at radius 1 is 1.47 bits per heavy atom. The molecule has 19 heavy (non-hydrogen) atoms. The van der Waals surface area contributed by atoms with Gasteiger partial charge in [0, 0.05) is 10.6 Å². The summed E-state index contributed by atoms with van der Waals surface area (Å²) in [7, 11) is 0. The normalized spacial score (nSPS) is 26.7. The van der Waals surface area contributed by atoms with Crippen LogP contribution in [0.25, 0.3) is 0 Å². The van der Waals surface area contributed by atoms with Crippen molar-refractivity contribution in [2.45, 2.75) is 25.4 Å². The number of ether oxygens (including phenoxy) is 2. The first-order valence-corrected chi connectivity index (χ1v) is 6.44. The predicted molar refractivity (Wildman–Crippen MR) is 69.7 cm³/mol. The zero-order chi connectivity index (χ0) is 13.3. The number of nitrogens with zero attached hydrogens (tertiary/aromatic N) is 3. The van der Waals surface area contributed by atoms with E-state index in [0.29, 0.717) is 18.2 Å². The molecule has 1 aromatic carbocycles. The fourth-order valence-corrected chi connectivity index (χ4v) is 2.54. The van der Waals surface area contributed by atoms with E-state index in [0.717, 1.165) is 5.56 Å². The van der Waals surface area contributed by atoms with Gasteiger partial charge in [-0.15, -0.1) is 0 Å². The van der Waals surface area contributed by atoms with Gasteiger partial charge >= 0.3 is 0 Å². The molecule has 1 saturated heterocycles. The van der Waals surface area contributed by atoms with Crippen molar-refractivity contribution in [1.29, 1.82) is 0 Å². The van der Waals surface area contributed by atoms with Crippen molar-refractivity contribution in [3.05, 3.63) is 47.5 Å². The molecule has 100 valence electrons. The molecule has 3 rings (SSSR count). The Bertz CT molecular complexity index is 561. The van der Waals surface area contributed by atoms with Gasteiger partial charge in [0.05, 0.1) is 13.2 Å². The quantitative estimate of drug-likeness (QED) is 0.864. The van der Waals surface area contributed by atoms with E-state index >= 15 is 0 Å². The van der Waals surface area contributed by atoms with Crippen LogP contribution in [0.5, 0.6) is 0 Å². The van der Waals surface area contributed by atoms with Crippen molar-refractivity contribution in [2.75, 3.05) is 6.61 Å². The van der Waals surface area contributed by atoms with E-state index in [-0.39, 0.29) is 6.10 Å². The topological polar surface area (TPSA) is 49.2 Å². The minimum atomic E-state index is -0.802. The summed E-state index contributed by atoms with van der Waals surface area (Å²) in [6.45, 7) is 3.00. The molecule has 1 aromatic heterocycles. The van der Waals surface area contributed by atoms with Gasteiger partial charge < -0.3 is 9.47 Å². The number of aromatic nitrogens is 3. The molecular weight excluding hydrogens is 266 g/mol. The fourth-order valence-electron chi connectivity index (χ4n) is 2.23. The number of rotatable bonds is 3. The Balaban J connectivity index is 1.75. The Hall–Kier alpha value is -1.43. The van der Waals surface area contributed by atoms with Gasteiger partial charge in [-0.3, -0.25) is 4.68 Å². The van der Waals surface area contributed by atoms with Gasteiger partial charge in [-0.1, -0.05) is 29.8 Å². The van der Waals surface area contributed by atoms with Crippen molar-refractivity contribution in [2.24, 2.45) is 0 Å². The van der Waals surface area contributed by atoms with Crippen molar-refractivity contribution < 1.29 is 9.47 Å². The van der Waals surface area contributed by atoms with Crippen LogP contribution in [0.4, 0.5) is 0 Å². The highest BCUT2D eigenvalue weighted by molar-refractivity contribution is 6.31. The van der Waals surface area contributed by atoms with Gasteiger partial charge in [-0.05, 0) is 13.0 Å². The minimum absolute atomic E-state index is 0.0667. The summed E-state index contributed by atoms with van der Waals surface area (Å²) in [6.07, 6.45) is 3.10. The molecular formula is C13H14ClN3O2. The minimum Gasteiger partial charge on any atom is -0.343 e. The Morgan fingerprint density at radius 2 is 2.32 bits per heavy atom. The monoisotopic (exact) mass is 279 g/mol. The largest absolute Gasteiger partial charge is 0.343 e. The van der Waals surface area contributed by atoms with E-state index in [1.165, 1.54) is 6.33 Å². The molecule has 0 saturated carbocycles. The second-order valence-corrected chi connectivity index (χ2v) is 5.00. The smallest absolute Gasteiger partial charge is 0.193 e. The van der Waals surface area contributed by atoms with E-state index in [1.54, 1.807) is 11.0 Å². The molecule has 0 N–H and O–H groups in total. The molecule has 2 heterocycles. The highest BCUT2D eigenvalue weighted by Crippen LogP contribution is 2.37. The molecule has 0 amide bonds. The predicted octanol–water partition coefficient (Wildman–Crippen LogP) is 2.22. The Labute approximate surface area is 116 Å². The standard InChI is InChI=1S/C13H14ClN3O2/c1-13(11-4-2-3-5-12(11)14)18-7-10(19-13)6-17-9-15-8-16-17/h2-5,8-10H,6-7H2,1H3/t10-,13-/m0/s1. The van der Waals surface area contributed by atoms with Crippen LogP contribution in [-0.2, 0) is 21.8 Å². The molecule has 0 aliphatic carbocycles. The number of benzene rings is 1. The zero-order valence-corrected chi connectivity index (χ0v) is 11.2. The van der Waals surface area contributed by atoms with Gasteiger partial charge in [0.2, 0.25) is 0 Å². The second-order valence-electron chi connectivity index (χ2n) is 4.59. The lowest BCUT2D eigenvalue weighted by Crippen LogP contribution is -2.26. The van der Waals surface area contributed by atoms with Crippen LogP contribution < -0.4 is 0 Å². The highest BCUT2D eigenvalue weighted by atomic mass is 35.5. The third-order valence-electron chi connectivity index (χ3n) is 3.16. The van der Waals surface area contributed by atoms with Crippen LogP contribution in [0.1, 0.15) is 12.5 Å². The van der Waals surface area contributed by atoms with Gasteiger partial charge in [-0.2, -0.15) is 5.10 Å². The van der Waals surface area contributed by atoms with E-state index < -0.39 is 5.79 Å². The molecule has 0 radical (unpaired) electrons. The van der Waals surface area contributed by atoms with Gasteiger partial charge in [0.25, 0.3) is 0 Å². The van der Waals surface area contributed by atoms with Gasteiger partial charge in [0.1, 0.15) is 18.8 Å². The molecule has 2 atom stereocenters. The van der Waals surface area contributed by atoms with Gasteiger partial charge in [-0.25, -0.2) is 4.98 Å². The maximum Gasteiger partial charge on any atom is 0.193 e. The molecule has 0 bridgehead atoms. The first-order valence-electron chi connectivity index (χ1n) is 6.06. The summed E-state index contributed by atoms with van der Waals surface area (Å²) in [4.78, 5) is 3.91. The molecule has 5 nitrogen and oxygen atoms in total. The maximum absolute atomic E-state index is 6.20. The summed E-state index contributed by atoms with van der Waals surface area (Å²) in [5, 5.41) is 4.71. The van der Waals surface area contributed by atoms with Crippen molar-refractivity contribution in [3.63, 3.8) is 0 Å². The molecule has 2 aromatic rings. The Morgan fingerprint density at radius 3 is 3.05 bits per heavy atom. The molecule has 1 aliphatic rings. The molecule has 0 unspecified atom stereocenters. The first kappa shape index (κ1) is 12.6. The molecule has 1 aliphatic heterocycles. The van der Waals surface area contributed by atoms with Gasteiger partial charge in [0.15, 0.2) is 5.79 Å². The average molecular weight is 280 g/mol. The van der Waals surface area contributed by atoms with E-state index in [9.17, 15) is 0 Å². The van der Waals surface area contributed by atoms with E-state index in [4.69, 9.17) is 21.1 Å². The second kappa shape index (κ2) is 4.92. The maximum atomic E-state index is 6.20. The van der Waals surface area contributed by atoms with Crippen molar-refractivity contribution in [1.82, 2.24) is 14.8 Å². The summed E-state index contributed by atoms with van der Waals surface area (Å²) in [5.41, 5.74) is 0.845. The Kier molecular flexibility index (Phi) is 3.26. The van der Waals surface area contributed by atoms with Crippen molar-refractivity contribution in [3.8, 4) is 0 Å². The molecule has 0 spiro atoms. The SMILES string of the molecule is C[C@]1(c2ccccc2Cl)OC[C@H](Cn2cncn2)O1. The third-order valence-corrected chi connectivity index (χ3v) is 3.49. The number of halogens is 1. The molecule has 6 heteroatoms. The first-order chi connectivity index (χ1) is 9.17. The average Bonchev–Trinajstić information content (AvgIpc) is 3.01. The highest BCUT2D eigenvalue weighted by Gasteiger charge is 2.40. The fraction of sp³-hybridized carbons (Fsp3) is 0.385. The third kappa shape index (κ3) is 2.49. The van der Waals surface area contributed by atoms with Crippen LogP contribution in [0.15, 0.2) is 36.9 Å². The summed E-state index contributed by atoms with van der Waals surface area (Å²) in [6, 6.07) is 7.56. The lowest BCUT2D eigenvalue weighted by molar-refractivity contribution is -0.163. The number of hydrogen-bond acceptors (Lipinski definition) is 4. The molecule has 1 fully saturated rings. The number of hydrogen-bond donors (Lipinski definition) is 0. The van der Waals surface area contributed by atoms with Crippen molar-refractivity contribution >= 4 is 11.6 Å². The van der Waals surface area contributed by atoms with E-state index in [2.05, 4.69) is 10.1 Å². The lowest BCUT2D eigenvalue weighted by atomic mass is 10.1. The van der Waals surface area contributed by atoms with E-state index in [1.807, 2.05) is 31.2 Å². The zero-order valence-electron chi connectivity index (χ0n) is 10.5. The van der Waals surface area contributed by atoms with Crippen LogP contribution in [0.3, 0.4) is 0 Å². The summed E-state index contributed by atoms with van der Waals surface area (Å²) in [5.74, 6) is -0.802. The lowest BCUT2D eigenvalue weighted by Gasteiger charge is -2.24. The van der Waals surface area contributed by atoms with Crippen LogP contribution in [0, 0.1) is 0 Å².